The smallest absolute Gasteiger partial charge is 0.252 e. The summed E-state index contributed by atoms with van der Waals surface area (Å²) >= 11 is 1.57. The molecule has 5 rings (SSSR count). The van der Waals surface area contributed by atoms with Gasteiger partial charge in [-0.05, 0) is 43.0 Å². The summed E-state index contributed by atoms with van der Waals surface area (Å²) in [6.45, 7) is 4.33. The molecule has 4 atom stereocenters. The minimum Gasteiger partial charge on any atom is -0.370 e. The fourth-order valence-corrected chi connectivity index (χ4v) is 6.08. The summed E-state index contributed by atoms with van der Waals surface area (Å²) < 4.78 is 6.49. The first kappa shape index (κ1) is 15.4. The Balaban J connectivity index is 1.23. The fourth-order valence-electron chi connectivity index (χ4n) is 5.45. The van der Waals surface area contributed by atoms with Gasteiger partial charge < -0.3 is 10.1 Å². The first-order valence-corrected chi connectivity index (χ1v) is 10.4. The number of hydrogen-bond acceptors (Lipinski definition) is 4. The van der Waals surface area contributed by atoms with Crippen molar-refractivity contribution in [3.05, 3.63) is 22.4 Å². The van der Waals surface area contributed by atoms with E-state index in [2.05, 4.69) is 10.2 Å². The van der Waals surface area contributed by atoms with Crippen molar-refractivity contribution in [2.45, 2.75) is 43.8 Å². The van der Waals surface area contributed by atoms with E-state index in [1.54, 1.807) is 11.3 Å². The van der Waals surface area contributed by atoms with Gasteiger partial charge in [-0.15, -0.1) is 0 Å². The van der Waals surface area contributed by atoms with E-state index in [1.165, 1.54) is 45.2 Å². The van der Waals surface area contributed by atoms with E-state index in [-0.39, 0.29) is 11.5 Å². The average Bonchev–Trinajstić information content (AvgIpc) is 3.27. The van der Waals surface area contributed by atoms with E-state index in [9.17, 15) is 4.79 Å². The van der Waals surface area contributed by atoms with Crippen molar-refractivity contribution in [2.75, 3.05) is 26.2 Å². The van der Waals surface area contributed by atoms with Crippen molar-refractivity contribution in [1.82, 2.24) is 10.2 Å². The van der Waals surface area contributed by atoms with Gasteiger partial charge in [0.25, 0.3) is 5.91 Å². The monoisotopic (exact) mass is 346 g/mol. The van der Waals surface area contributed by atoms with Crippen LogP contribution in [-0.2, 0) is 4.74 Å². The molecule has 1 aromatic rings. The van der Waals surface area contributed by atoms with Crippen LogP contribution in [0.25, 0.3) is 0 Å². The molecule has 4 nitrogen and oxygen atoms in total. The third-order valence-corrected chi connectivity index (χ3v) is 7.56. The van der Waals surface area contributed by atoms with Crippen molar-refractivity contribution in [1.29, 1.82) is 0 Å². The van der Waals surface area contributed by atoms with Gasteiger partial charge in [0.2, 0.25) is 0 Å². The maximum Gasteiger partial charge on any atom is 0.252 e. The molecule has 4 aliphatic rings. The van der Waals surface area contributed by atoms with Gasteiger partial charge >= 0.3 is 0 Å². The molecule has 4 fully saturated rings. The van der Waals surface area contributed by atoms with Crippen molar-refractivity contribution in [3.8, 4) is 0 Å². The Labute approximate surface area is 147 Å². The first-order chi connectivity index (χ1) is 11.7. The fraction of sp³-hybridized carbons (Fsp3) is 0.737. The van der Waals surface area contributed by atoms with Crippen LogP contribution in [0.4, 0.5) is 0 Å². The molecule has 3 aliphatic heterocycles. The van der Waals surface area contributed by atoms with E-state index < -0.39 is 0 Å². The van der Waals surface area contributed by atoms with Crippen LogP contribution in [-0.4, -0.2) is 48.7 Å². The zero-order valence-electron chi connectivity index (χ0n) is 14.1. The van der Waals surface area contributed by atoms with E-state index >= 15 is 0 Å². The average molecular weight is 346 g/mol. The van der Waals surface area contributed by atoms with E-state index in [1.807, 2.05) is 16.8 Å². The van der Waals surface area contributed by atoms with Crippen molar-refractivity contribution >= 4 is 17.2 Å². The van der Waals surface area contributed by atoms with Crippen molar-refractivity contribution in [3.63, 3.8) is 0 Å². The molecule has 0 radical (unpaired) electrons. The standard InChI is InChI=1S/C19H26N2O2S/c22-18(14-5-7-24-11-14)20-8-15-16-10-21(9-13-2-1-3-13)12-19(16)6-4-17(15)23-19/h5,7,11,13,15-17H,1-4,6,8-10,12H2,(H,20,22)/t15-,16+,17+,19+/m0/s1. The lowest BCUT2D eigenvalue weighted by Gasteiger charge is -2.31. The number of carbonyl (C=O) groups is 1. The molecule has 0 unspecified atom stereocenters. The van der Waals surface area contributed by atoms with Gasteiger partial charge in [0.05, 0.1) is 11.7 Å². The number of amides is 1. The van der Waals surface area contributed by atoms with Crippen LogP contribution >= 0.6 is 11.3 Å². The minimum atomic E-state index is 0.0670. The molecule has 5 heteroatoms. The quantitative estimate of drug-likeness (QED) is 0.891. The molecular formula is C19H26N2O2S. The zero-order chi connectivity index (χ0) is 16.1. The Kier molecular flexibility index (Phi) is 3.72. The summed E-state index contributed by atoms with van der Waals surface area (Å²) in [5.41, 5.74) is 0.892. The van der Waals surface area contributed by atoms with Crippen LogP contribution in [0.1, 0.15) is 42.5 Å². The molecule has 3 saturated heterocycles. The number of likely N-dealkylation sites (tertiary alicyclic amines) is 1. The summed E-state index contributed by atoms with van der Waals surface area (Å²) in [6, 6.07) is 1.90. The third-order valence-electron chi connectivity index (χ3n) is 6.88. The van der Waals surface area contributed by atoms with Crippen LogP contribution in [0, 0.1) is 17.8 Å². The number of carbonyl (C=O) groups excluding carboxylic acids is 1. The molecule has 1 aliphatic carbocycles. The lowest BCUT2D eigenvalue weighted by atomic mass is 9.73. The molecule has 1 amide bonds. The topological polar surface area (TPSA) is 41.6 Å². The number of thiophene rings is 1. The van der Waals surface area contributed by atoms with Crippen LogP contribution in [0.3, 0.4) is 0 Å². The SMILES string of the molecule is O=C(NC[C@H]1[C@H]2CN(CC3CCC3)C[C@]23CC[C@H]1O3)c1ccsc1. The highest BCUT2D eigenvalue weighted by Crippen LogP contribution is 2.54. The predicted molar refractivity (Wildman–Crippen MR) is 94.3 cm³/mol. The Morgan fingerprint density at radius 3 is 3.08 bits per heavy atom. The summed E-state index contributed by atoms with van der Waals surface area (Å²) in [5.74, 6) is 2.10. The molecule has 2 bridgehead atoms. The largest absolute Gasteiger partial charge is 0.370 e. The van der Waals surface area contributed by atoms with Crippen molar-refractivity contribution < 1.29 is 9.53 Å². The zero-order valence-corrected chi connectivity index (χ0v) is 14.9. The molecule has 0 aromatic carbocycles. The number of nitrogens with one attached hydrogen (secondary N) is 1. The maximum absolute atomic E-state index is 12.3. The van der Waals surface area contributed by atoms with E-state index in [4.69, 9.17) is 4.74 Å². The Morgan fingerprint density at radius 2 is 2.33 bits per heavy atom. The molecule has 24 heavy (non-hydrogen) atoms. The second-order valence-electron chi connectivity index (χ2n) is 8.24. The molecule has 1 spiro atoms. The molecule has 130 valence electrons. The number of hydrogen-bond donors (Lipinski definition) is 1. The normalized spacial score (nSPS) is 38.2. The summed E-state index contributed by atoms with van der Waals surface area (Å²) in [4.78, 5) is 14.9. The maximum atomic E-state index is 12.3. The Morgan fingerprint density at radius 1 is 1.42 bits per heavy atom. The lowest BCUT2D eigenvalue weighted by molar-refractivity contribution is 0.000542. The second-order valence-corrected chi connectivity index (χ2v) is 9.02. The summed E-state index contributed by atoms with van der Waals surface area (Å²) in [6.07, 6.45) is 7.01. The van der Waals surface area contributed by atoms with Gasteiger partial charge in [-0.25, -0.2) is 0 Å². The molecule has 1 saturated carbocycles. The molecule has 4 heterocycles. The first-order valence-electron chi connectivity index (χ1n) is 9.44. The molecule has 1 N–H and O–H groups in total. The van der Waals surface area contributed by atoms with Crippen molar-refractivity contribution in [2.24, 2.45) is 17.8 Å². The lowest BCUT2D eigenvalue weighted by Crippen LogP contribution is -2.41. The Hall–Kier alpha value is -0.910. The van der Waals surface area contributed by atoms with Gasteiger partial charge in [0.15, 0.2) is 0 Å². The number of fused-ring (bicyclic) bond motifs is 1. The van der Waals surface area contributed by atoms with Crippen LogP contribution in [0.5, 0.6) is 0 Å². The predicted octanol–water partition coefficient (Wildman–Crippen LogP) is 2.76. The van der Waals surface area contributed by atoms with Crippen LogP contribution < -0.4 is 5.32 Å². The van der Waals surface area contributed by atoms with Gasteiger partial charge in [-0.2, -0.15) is 11.3 Å². The van der Waals surface area contributed by atoms with Crippen LogP contribution in [0.15, 0.2) is 16.8 Å². The summed E-state index contributed by atoms with van der Waals surface area (Å²) in [5, 5.41) is 7.05. The summed E-state index contributed by atoms with van der Waals surface area (Å²) in [7, 11) is 0. The number of ether oxygens (including phenoxy) is 1. The van der Waals surface area contributed by atoms with Gasteiger partial charge in [0.1, 0.15) is 0 Å². The minimum absolute atomic E-state index is 0.0670. The van der Waals surface area contributed by atoms with E-state index in [0.717, 1.165) is 24.6 Å². The van der Waals surface area contributed by atoms with Gasteiger partial charge in [0, 0.05) is 49.0 Å². The highest BCUT2D eigenvalue weighted by atomic mass is 32.1. The number of nitrogens with zero attached hydrogens (tertiary/aromatic N) is 1. The Bertz CT molecular complexity index is 615. The highest BCUT2D eigenvalue weighted by molar-refractivity contribution is 7.08. The van der Waals surface area contributed by atoms with Gasteiger partial charge in [-0.1, -0.05) is 6.42 Å². The van der Waals surface area contributed by atoms with Crippen LogP contribution in [0.2, 0.25) is 0 Å². The molecular weight excluding hydrogens is 320 g/mol. The van der Waals surface area contributed by atoms with Gasteiger partial charge in [-0.3, -0.25) is 9.69 Å². The second kappa shape index (κ2) is 5.82. The van der Waals surface area contributed by atoms with E-state index in [0.29, 0.717) is 17.9 Å². The molecule has 1 aromatic heterocycles. The highest BCUT2D eigenvalue weighted by Gasteiger charge is 2.62. The third kappa shape index (κ3) is 2.44. The number of rotatable bonds is 5.